The Kier molecular flexibility index (Phi) is 5.12. The van der Waals surface area contributed by atoms with E-state index in [0.29, 0.717) is 17.4 Å². The van der Waals surface area contributed by atoms with E-state index < -0.39 is 0 Å². The molecule has 1 aromatic heterocycles. The Morgan fingerprint density at radius 3 is 2.46 bits per heavy atom. The minimum Gasteiger partial charge on any atom is -0.495 e. The molecule has 0 saturated carbocycles. The zero-order chi connectivity index (χ0) is 18.5. The average molecular weight is 348 g/mol. The number of nitrogens with zero attached hydrogens (tertiary/aromatic N) is 2. The fraction of sp³-hybridized carbons (Fsp3) is 0.150. The number of carbonyl (C=O) groups is 1. The molecular formula is C20H20N4O2. The second kappa shape index (κ2) is 7.65. The van der Waals surface area contributed by atoms with E-state index in [9.17, 15) is 4.79 Å². The number of benzene rings is 2. The highest BCUT2D eigenvalue weighted by Crippen LogP contribution is 2.25. The molecule has 0 fully saturated rings. The summed E-state index contributed by atoms with van der Waals surface area (Å²) in [6.07, 6.45) is 0. The van der Waals surface area contributed by atoms with Crippen molar-refractivity contribution in [3.63, 3.8) is 0 Å². The van der Waals surface area contributed by atoms with Crippen LogP contribution in [0, 0.1) is 13.8 Å². The molecule has 0 radical (unpaired) electrons. The maximum absolute atomic E-state index is 12.5. The Labute approximate surface area is 152 Å². The molecule has 0 unspecified atom stereocenters. The lowest BCUT2D eigenvalue weighted by atomic mass is 10.2. The maximum Gasteiger partial charge on any atom is 0.274 e. The van der Waals surface area contributed by atoms with Crippen LogP contribution >= 0.6 is 0 Å². The zero-order valence-electron chi connectivity index (χ0n) is 14.9. The number of methoxy groups -OCH3 is 1. The summed E-state index contributed by atoms with van der Waals surface area (Å²) in [6.45, 7) is 3.81. The molecule has 6 heteroatoms. The highest BCUT2D eigenvalue weighted by atomic mass is 16.5. The Hall–Kier alpha value is -3.41. The standard InChI is InChI=1S/C20H20N4O2/c1-13-8-10-15(11-9-13)22-19(25)17-12-14(2)21-20(24-17)23-16-6-4-5-7-18(16)26-3/h4-12H,1-3H3,(H,22,25)(H,21,23,24). The fourth-order valence-electron chi connectivity index (χ4n) is 2.44. The number of hydrogen-bond donors (Lipinski definition) is 2. The van der Waals surface area contributed by atoms with E-state index in [2.05, 4.69) is 20.6 Å². The van der Waals surface area contributed by atoms with Gasteiger partial charge in [-0.1, -0.05) is 29.8 Å². The second-order valence-corrected chi connectivity index (χ2v) is 5.86. The minimum absolute atomic E-state index is 0.287. The Balaban J connectivity index is 1.82. The van der Waals surface area contributed by atoms with Crippen molar-refractivity contribution in [2.45, 2.75) is 13.8 Å². The number of aryl methyl sites for hydroxylation is 2. The molecule has 0 aliphatic carbocycles. The van der Waals surface area contributed by atoms with Crippen LogP contribution in [0.5, 0.6) is 5.75 Å². The monoisotopic (exact) mass is 348 g/mol. The van der Waals surface area contributed by atoms with Gasteiger partial charge in [-0.05, 0) is 44.2 Å². The number of amides is 1. The molecule has 0 saturated heterocycles. The van der Waals surface area contributed by atoms with Crippen LogP contribution in [0.3, 0.4) is 0 Å². The van der Waals surface area contributed by atoms with Crippen LogP contribution < -0.4 is 15.4 Å². The summed E-state index contributed by atoms with van der Waals surface area (Å²) in [5.74, 6) is 0.717. The fourth-order valence-corrected chi connectivity index (χ4v) is 2.44. The molecular weight excluding hydrogens is 328 g/mol. The number of carbonyl (C=O) groups excluding carboxylic acids is 1. The SMILES string of the molecule is COc1ccccc1Nc1nc(C)cc(C(=O)Nc2ccc(C)cc2)n1. The quantitative estimate of drug-likeness (QED) is 0.726. The van der Waals surface area contributed by atoms with Gasteiger partial charge in [0.2, 0.25) is 5.95 Å². The molecule has 3 rings (SSSR count). The molecule has 0 aliphatic rings. The third-order valence-corrected chi connectivity index (χ3v) is 3.75. The van der Waals surface area contributed by atoms with Gasteiger partial charge in [0.15, 0.2) is 0 Å². The van der Waals surface area contributed by atoms with Crippen LogP contribution in [0.2, 0.25) is 0 Å². The smallest absolute Gasteiger partial charge is 0.274 e. The van der Waals surface area contributed by atoms with E-state index in [4.69, 9.17) is 4.74 Å². The van der Waals surface area contributed by atoms with Gasteiger partial charge >= 0.3 is 0 Å². The highest BCUT2D eigenvalue weighted by molar-refractivity contribution is 6.03. The summed E-state index contributed by atoms with van der Waals surface area (Å²) >= 11 is 0. The lowest BCUT2D eigenvalue weighted by molar-refractivity contribution is 0.102. The molecule has 0 bridgehead atoms. The first-order chi connectivity index (χ1) is 12.5. The average Bonchev–Trinajstić information content (AvgIpc) is 2.63. The van der Waals surface area contributed by atoms with Crippen molar-refractivity contribution >= 4 is 23.2 Å². The highest BCUT2D eigenvalue weighted by Gasteiger charge is 2.12. The summed E-state index contributed by atoms with van der Waals surface area (Å²) in [7, 11) is 1.60. The molecule has 3 aromatic rings. The van der Waals surface area contributed by atoms with Gasteiger partial charge in [0, 0.05) is 11.4 Å². The normalized spacial score (nSPS) is 10.3. The van der Waals surface area contributed by atoms with E-state index in [1.54, 1.807) is 13.2 Å². The lowest BCUT2D eigenvalue weighted by Gasteiger charge is -2.11. The number of rotatable bonds is 5. The van der Waals surface area contributed by atoms with Gasteiger partial charge in [0.25, 0.3) is 5.91 Å². The molecule has 0 aliphatic heterocycles. The van der Waals surface area contributed by atoms with Crippen LogP contribution in [0.25, 0.3) is 0 Å². The van der Waals surface area contributed by atoms with E-state index in [1.165, 1.54) is 0 Å². The number of nitrogens with one attached hydrogen (secondary N) is 2. The number of anilines is 3. The van der Waals surface area contributed by atoms with Crippen LogP contribution in [0.4, 0.5) is 17.3 Å². The molecule has 2 aromatic carbocycles. The number of ether oxygens (including phenoxy) is 1. The molecule has 1 heterocycles. The maximum atomic E-state index is 12.5. The van der Waals surface area contributed by atoms with Gasteiger partial charge in [-0.2, -0.15) is 0 Å². The van der Waals surface area contributed by atoms with E-state index in [0.717, 1.165) is 16.9 Å². The Bertz CT molecular complexity index is 923. The second-order valence-electron chi connectivity index (χ2n) is 5.86. The molecule has 0 spiro atoms. The molecule has 0 atom stereocenters. The van der Waals surface area contributed by atoms with Crippen molar-refractivity contribution in [2.75, 3.05) is 17.7 Å². The first kappa shape index (κ1) is 17.4. The van der Waals surface area contributed by atoms with E-state index in [1.807, 2.05) is 62.4 Å². The summed E-state index contributed by atoms with van der Waals surface area (Å²) in [5.41, 5.74) is 3.55. The first-order valence-corrected chi connectivity index (χ1v) is 8.19. The predicted molar refractivity (Wildman–Crippen MR) is 102 cm³/mol. The third kappa shape index (κ3) is 4.16. The molecule has 6 nitrogen and oxygen atoms in total. The van der Waals surface area contributed by atoms with Crippen LogP contribution in [0.1, 0.15) is 21.7 Å². The van der Waals surface area contributed by atoms with Gasteiger partial charge in [0.1, 0.15) is 11.4 Å². The number of para-hydroxylation sites is 2. The molecule has 1 amide bonds. The van der Waals surface area contributed by atoms with Crippen molar-refractivity contribution in [3.05, 3.63) is 71.5 Å². The molecule has 2 N–H and O–H groups in total. The van der Waals surface area contributed by atoms with Gasteiger partial charge in [-0.25, -0.2) is 9.97 Å². The molecule has 132 valence electrons. The van der Waals surface area contributed by atoms with Gasteiger partial charge in [-0.3, -0.25) is 4.79 Å². The largest absolute Gasteiger partial charge is 0.495 e. The summed E-state index contributed by atoms with van der Waals surface area (Å²) in [6, 6.07) is 16.7. The minimum atomic E-state index is -0.289. The zero-order valence-corrected chi connectivity index (χ0v) is 14.9. The van der Waals surface area contributed by atoms with Crippen LogP contribution in [0.15, 0.2) is 54.6 Å². The number of hydrogen-bond acceptors (Lipinski definition) is 5. The van der Waals surface area contributed by atoms with Crippen molar-refractivity contribution in [3.8, 4) is 5.75 Å². The van der Waals surface area contributed by atoms with E-state index >= 15 is 0 Å². The third-order valence-electron chi connectivity index (χ3n) is 3.75. The van der Waals surface area contributed by atoms with Crippen molar-refractivity contribution in [1.82, 2.24) is 9.97 Å². The van der Waals surface area contributed by atoms with Crippen molar-refractivity contribution in [1.29, 1.82) is 0 Å². The van der Waals surface area contributed by atoms with Crippen molar-refractivity contribution < 1.29 is 9.53 Å². The van der Waals surface area contributed by atoms with Crippen molar-refractivity contribution in [2.24, 2.45) is 0 Å². The van der Waals surface area contributed by atoms with Gasteiger partial charge < -0.3 is 15.4 Å². The summed E-state index contributed by atoms with van der Waals surface area (Å²) in [5, 5.41) is 5.95. The summed E-state index contributed by atoms with van der Waals surface area (Å²) < 4.78 is 5.32. The molecule has 26 heavy (non-hydrogen) atoms. The van der Waals surface area contributed by atoms with E-state index in [-0.39, 0.29) is 11.6 Å². The van der Waals surface area contributed by atoms with Gasteiger partial charge in [-0.15, -0.1) is 0 Å². The van der Waals surface area contributed by atoms with Gasteiger partial charge in [0.05, 0.1) is 12.8 Å². The number of aromatic nitrogens is 2. The predicted octanol–water partition coefficient (Wildman–Crippen LogP) is 4.10. The summed E-state index contributed by atoms with van der Waals surface area (Å²) in [4.78, 5) is 21.2. The topological polar surface area (TPSA) is 76.1 Å². The Morgan fingerprint density at radius 2 is 1.73 bits per heavy atom. The Morgan fingerprint density at radius 1 is 1.00 bits per heavy atom. The lowest BCUT2D eigenvalue weighted by Crippen LogP contribution is -2.15. The van der Waals surface area contributed by atoms with Crippen LogP contribution in [-0.2, 0) is 0 Å². The van der Waals surface area contributed by atoms with Crippen LogP contribution in [-0.4, -0.2) is 23.0 Å². The first-order valence-electron chi connectivity index (χ1n) is 8.19.